The van der Waals surface area contributed by atoms with Crippen molar-refractivity contribution in [2.24, 2.45) is 5.92 Å². The molecule has 8 heteroatoms. The SMILES string of the molecule is C/C=C/c1ccc2c(c1)O[C@H](CN(C)Cc1ccccc1F)[C@H](C)CN([C@H](C)CO)S2(=O)=O. The Morgan fingerprint density at radius 1 is 1.30 bits per heavy atom. The maximum atomic E-state index is 14.1. The van der Waals surface area contributed by atoms with Gasteiger partial charge in [-0.05, 0) is 44.7 Å². The summed E-state index contributed by atoms with van der Waals surface area (Å²) in [6, 6.07) is 11.1. The summed E-state index contributed by atoms with van der Waals surface area (Å²) in [5.74, 6) is -0.140. The van der Waals surface area contributed by atoms with Gasteiger partial charge in [0.25, 0.3) is 0 Å². The van der Waals surface area contributed by atoms with E-state index < -0.39 is 16.1 Å². The molecule has 0 spiro atoms. The third-order valence-corrected chi connectivity index (χ3v) is 7.96. The van der Waals surface area contributed by atoms with Crippen molar-refractivity contribution >= 4 is 16.1 Å². The van der Waals surface area contributed by atoms with Gasteiger partial charge in [-0.2, -0.15) is 4.31 Å². The molecule has 1 heterocycles. The van der Waals surface area contributed by atoms with Gasteiger partial charge in [0, 0.05) is 37.2 Å². The molecule has 1 N–H and O–H groups in total. The first-order valence-electron chi connectivity index (χ1n) is 11.2. The fourth-order valence-electron chi connectivity index (χ4n) is 4.05. The minimum absolute atomic E-state index is 0.0877. The first-order valence-corrected chi connectivity index (χ1v) is 12.6. The van der Waals surface area contributed by atoms with E-state index in [4.69, 9.17) is 4.74 Å². The molecule has 0 aliphatic carbocycles. The van der Waals surface area contributed by atoms with Crippen LogP contribution in [0.3, 0.4) is 0 Å². The van der Waals surface area contributed by atoms with Crippen LogP contribution in [0.15, 0.2) is 53.4 Å². The van der Waals surface area contributed by atoms with Crippen molar-refractivity contribution in [3.05, 3.63) is 65.5 Å². The summed E-state index contributed by atoms with van der Waals surface area (Å²) in [5, 5.41) is 9.74. The summed E-state index contributed by atoms with van der Waals surface area (Å²) in [4.78, 5) is 2.06. The van der Waals surface area contributed by atoms with E-state index in [1.165, 1.54) is 10.4 Å². The molecule has 0 saturated carbocycles. The van der Waals surface area contributed by atoms with Gasteiger partial charge in [-0.3, -0.25) is 4.90 Å². The van der Waals surface area contributed by atoms with Gasteiger partial charge < -0.3 is 9.84 Å². The van der Waals surface area contributed by atoms with Crippen molar-refractivity contribution in [1.29, 1.82) is 0 Å². The third kappa shape index (κ3) is 5.81. The zero-order chi connectivity index (χ0) is 24.2. The van der Waals surface area contributed by atoms with Crippen molar-refractivity contribution in [2.75, 3.05) is 26.7 Å². The lowest BCUT2D eigenvalue weighted by Crippen LogP contribution is -2.49. The van der Waals surface area contributed by atoms with Crippen LogP contribution in [0.1, 0.15) is 31.9 Å². The lowest BCUT2D eigenvalue weighted by molar-refractivity contribution is 0.0731. The molecule has 0 amide bonds. The zero-order valence-corrected chi connectivity index (χ0v) is 20.4. The molecule has 3 rings (SSSR count). The van der Waals surface area contributed by atoms with Crippen LogP contribution in [0.25, 0.3) is 6.08 Å². The van der Waals surface area contributed by atoms with E-state index in [9.17, 15) is 17.9 Å². The highest BCUT2D eigenvalue weighted by Crippen LogP contribution is 2.34. The molecule has 0 radical (unpaired) electrons. The second-order valence-electron chi connectivity index (χ2n) is 8.73. The fourth-order valence-corrected chi connectivity index (χ4v) is 5.87. The molecule has 0 unspecified atom stereocenters. The lowest BCUT2D eigenvalue weighted by Gasteiger charge is -2.37. The predicted octanol–water partition coefficient (Wildman–Crippen LogP) is 3.76. The van der Waals surface area contributed by atoms with Gasteiger partial charge in [-0.1, -0.05) is 43.3 Å². The standard InChI is InChI=1S/C25H33FN2O4S/c1-5-8-20-11-12-25-23(13-20)32-24(16-27(4)15-21-9-6-7-10-22(21)26)18(2)14-28(19(3)17-29)33(25,30)31/h5-13,18-19,24,29H,14-17H2,1-4H3/b8-5+/t18-,19-,24-/m1/s1. The smallest absolute Gasteiger partial charge is 0.247 e. The maximum Gasteiger partial charge on any atom is 0.247 e. The second-order valence-corrected chi connectivity index (χ2v) is 10.6. The molecule has 3 atom stereocenters. The highest BCUT2D eigenvalue weighted by Gasteiger charge is 2.38. The highest BCUT2D eigenvalue weighted by atomic mass is 32.2. The summed E-state index contributed by atoms with van der Waals surface area (Å²) in [6.45, 7) is 6.33. The minimum Gasteiger partial charge on any atom is -0.487 e. The topological polar surface area (TPSA) is 70.1 Å². The number of hydrogen-bond donors (Lipinski definition) is 1. The van der Waals surface area contributed by atoms with Gasteiger partial charge >= 0.3 is 0 Å². The largest absolute Gasteiger partial charge is 0.487 e. The first-order chi connectivity index (χ1) is 15.7. The van der Waals surface area contributed by atoms with E-state index in [0.29, 0.717) is 18.7 Å². The molecule has 6 nitrogen and oxygen atoms in total. The number of sulfonamides is 1. The summed E-state index contributed by atoms with van der Waals surface area (Å²) in [5.41, 5.74) is 1.42. The molecule has 2 aromatic rings. The Morgan fingerprint density at radius 3 is 2.70 bits per heavy atom. The van der Waals surface area contributed by atoms with Gasteiger partial charge in [0.1, 0.15) is 22.6 Å². The fraction of sp³-hybridized carbons (Fsp3) is 0.440. The molecular weight excluding hydrogens is 443 g/mol. The Bertz CT molecular complexity index is 1090. The number of likely N-dealkylation sites (N-methyl/N-ethyl adjacent to an activating group) is 1. The molecule has 1 aliphatic rings. The van der Waals surface area contributed by atoms with Crippen LogP contribution in [0.4, 0.5) is 4.39 Å². The lowest BCUT2D eigenvalue weighted by atomic mass is 10.0. The predicted molar refractivity (Wildman–Crippen MR) is 128 cm³/mol. The molecule has 0 fully saturated rings. The summed E-state index contributed by atoms with van der Waals surface area (Å²) in [6.07, 6.45) is 3.42. The van der Waals surface area contributed by atoms with E-state index in [2.05, 4.69) is 0 Å². The quantitative estimate of drug-likeness (QED) is 0.659. The summed E-state index contributed by atoms with van der Waals surface area (Å²) < 4.78 is 48.8. The Labute approximate surface area is 196 Å². The van der Waals surface area contributed by atoms with E-state index >= 15 is 0 Å². The van der Waals surface area contributed by atoms with Crippen molar-refractivity contribution in [2.45, 2.75) is 44.4 Å². The van der Waals surface area contributed by atoms with Crippen molar-refractivity contribution in [3.63, 3.8) is 0 Å². The molecule has 0 saturated heterocycles. The van der Waals surface area contributed by atoms with Crippen LogP contribution in [-0.4, -0.2) is 61.6 Å². The number of nitrogens with zero attached hydrogens (tertiary/aromatic N) is 2. The van der Waals surface area contributed by atoms with Crippen LogP contribution < -0.4 is 4.74 Å². The van der Waals surface area contributed by atoms with Crippen molar-refractivity contribution in [1.82, 2.24) is 9.21 Å². The monoisotopic (exact) mass is 476 g/mol. The summed E-state index contributed by atoms with van der Waals surface area (Å²) in [7, 11) is -1.97. The van der Waals surface area contributed by atoms with E-state index in [1.54, 1.807) is 43.3 Å². The van der Waals surface area contributed by atoms with E-state index in [0.717, 1.165) is 5.56 Å². The molecule has 2 aromatic carbocycles. The number of benzene rings is 2. The maximum absolute atomic E-state index is 14.1. The molecular formula is C25H33FN2O4S. The Hall–Kier alpha value is -2.26. The third-order valence-electron chi connectivity index (χ3n) is 5.94. The Balaban J connectivity index is 1.97. The van der Waals surface area contributed by atoms with Gasteiger partial charge in [0.15, 0.2) is 0 Å². The Kier molecular flexibility index (Phi) is 8.28. The second kappa shape index (κ2) is 10.8. The van der Waals surface area contributed by atoms with E-state index in [1.807, 2.05) is 37.9 Å². The van der Waals surface area contributed by atoms with Crippen molar-refractivity contribution in [3.8, 4) is 5.75 Å². The Morgan fingerprint density at radius 2 is 2.03 bits per heavy atom. The normalized spacial score (nSPS) is 21.9. The summed E-state index contributed by atoms with van der Waals surface area (Å²) >= 11 is 0. The van der Waals surface area contributed by atoms with Crippen LogP contribution >= 0.6 is 0 Å². The van der Waals surface area contributed by atoms with Crippen molar-refractivity contribution < 1.29 is 22.7 Å². The van der Waals surface area contributed by atoms with Gasteiger partial charge in [-0.15, -0.1) is 0 Å². The number of aliphatic hydroxyl groups excluding tert-OH is 1. The number of halogens is 1. The molecule has 33 heavy (non-hydrogen) atoms. The zero-order valence-electron chi connectivity index (χ0n) is 19.6. The number of hydrogen-bond acceptors (Lipinski definition) is 5. The number of fused-ring (bicyclic) bond motifs is 1. The average Bonchev–Trinajstić information content (AvgIpc) is 2.77. The highest BCUT2D eigenvalue weighted by molar-refractivity contribution is 7.89. The van der Waals surface area contributed by atoms with Gasteiger partial charge in [0.05, 0.1) is 6.61 Å². The number of rotatable bonds is 7. The molecule has 180 valence electrons. The minimum atomic E-state index is -3.86. The van der Waals surface area contributed by atoms with Crippen LogP contribution in [0.5, 0.6) is 5.75 Å². The van der Waals surface area contributed by atoms with E-state index in [-0.39, 0.29) is 41.6 Å². The number of aliphatic hydroxyl groups is 1. The van der Waals surface area contributed by atoms with Gasteiger partial charge in [0.2, 0.25) is 10.0 Å². The van der Waals surface area contributed by atoms with Crippen LogP contribution in [0.2, 0.25) is 0 Å². The van der Waals surface area contributed by atoms with Gasteiger partial charge in [-0.25, -0.2) is 12.8 Å². The molecule has 0 aromatic heterocycles. The first kappa shape index (κ1) is 25.4. The molecule has 1 aliphatic heterocycles. The van der Waals surface area contributed by atoms with Crippen LogP contribution in [0, 0.1) is 11.7 Å². The molecule has 0 bridgehead atoms. The van der Waals surface area contributed by atoms with Crippen LogP contribution in [-0.2, 0) is 16.6 Å². The number of allylic oxidation sites excluding steroid dienone is 1. The average molecular weight is 477 g/mol. The number of ether oxygens (including phenoxy) is 1.